The zero-order valence-electron chi connectivity index (χ0n) is 14.6. The van der Waals surface area contributed by atoms with Gasteiger partial charge in [-0.1, -0.05) is 13.8 Å². The average Bonchev–Trinajstić information content (AvgIpc) is 2.77. The number of hydrogen-bond donors (Lipinski definition) is 0. The van der Waals surface area contributed by atoms with Gasteiger partial charge >= 0.3 is 0 Å². The molecule has 0 unspecified atom stereocenters. The molecule has 2 heterocycles. The van der Waals surface area contributed by atoms with Crippen LogP contribution in [-0.2, 0) is 23.7 Å². The first-order valence-corrected chi connectivity index (χ1v) is 8.86. The highest BCUT2D eigenvalue weighted by Crippen LogP contribution is 2.52. The summed E-state index contributed by atoms with van der Waals surface area (Å²) in [6, 6.07) is 0. The van der Waals surface area contributed by atoms with Crippen LogP contribution in [0, 0.1) is 17.3 Å². The molecule has 23 heavy (non-hydrogen) atoms. The number of carbonyl (C=O) groups excluding carboxylic acids is 1. The van der Waals surface area contributed by atoms with Gasteiger partial charge < -0.3 is 18.9 Å². The number of carbonyl (C=O) groups is 1. The van der Waals surface area contributed by atoms with Crippen LogP contribution in [0.1, 0.15) is 53.4 Å². The Bertz CT molecular complexity index is 502. The maximum Gasteiger partial charge on any atom is 0.172 e. The molecule has 0 radical (unpaired) electrons. The van der Waals surface area contributed by atoms with Crippen LogP contribution >= 0.6 is 0 Å². The molecule has 2 saturated heterocycles. The third-order valence-corrected chi connectivity index (χ3v) is 5.86. The molecule has 4 rings (SSSR count). The van der Waals surface area contributed by atoms with Crippen LogP contribution in [-0.4, -0.2) is 42.8 Å². The van der Waals surface area contributed by atoms with Gasteiger partial charge in [0.25, 0.3) is 0 Å². The van der Waals surface area contributed by atoms with E-state index < -0.39 is 11.6 Å². The molecule has 4 fully saturated rings. The topological polar surface area (TPSA) is 54.0 Å². The van der Waals surface area contributed by atoms with Crippen LogP contribution in [0.25, 0.3) is 0 Å². The minimum absolute atomic E-state index is 0.0189. The summed E-state index contributed by atoms with van der Waals surface area (Å²) < 4.78 is 24.6. The van der Waals surface area contributed by atoms with E-state index in [2.05, 4.69) is 13.8 Å². The van der Waals surface area contributed by atoms with Gasteiger partial charge in [-0.2, -0.15) is 0 Å². The van der Waals surface area contributed by atoms with Crippen molar-refractivity contribution in [1.82, 2.24) is 0 Å². The molecule has 4 aliphatic rings. The lowest BCUT2D eigenvalue weighted by Crippen LogP contribution is -2.60. The fraction of sp³-hybridized carbons (Fsp3) is 0.944. The van der Waals surface area contributed by atoms with Crippen molar-refractivity contribution in [1.29, 1.82) is 0 Å². The van der Waals surface area contributed by atoms with Crippen LogP contribution in [0.3, 0.4) is 0 Å². The van der Waals surface area contributed by atoms with Gasteiger partial charge in [0.15, 0.2) is 11.6 Å². The molecule has 0 aromatic heterocycles. The summed E-state index contributed by atoms with van der Waals surface area (Å²) >= 11 is 0. The Labute approximate surface area is 138 Å². The zero-order chi connectivity index (χ0) is 16.5. The first-order valence-electron chi connectivity index (χ1n) is 8.86. The molecule has 2 aliphatic heterocycles. The fourth-order valence-electron chi connectivity index (χ4n) is 4.72. The minimum Gasteiger partial charge on any atom is -0.349 e. The highest BCUT2D eigenvalue weighted by molar-refractivity contribution is 5.82. The van der Waals surface area contributed by atoms with Crippen molar-refractivity contribution < 1.29 is 23.7 Å². The molecular formula is C18H28O5. The van der Waals surface area contributed by atoms with E-state index >= 15 is 0 Å². The lowest BCUT2D eigenvalue weighted by Gasteiger charge is -2.53. The van der Waals surface area contributed by atoms with Gasteiger partial charge in [-0.25, -0.2) is 0 Å². The Balaban J connectivity index is 1.59. The molecule has 4 atom stereocenters. The molecule has 0 aromatic rings. The molecule has 0 aromatic carbocycles. The number of Topliss-reactive ketones (excluding diaryl/α,β-unsaturated/α-hetero) is 1. The van der Waals surface area contributed by atoms with Gasteiger partial charge in [0.2, 0.25) is 0 Å². The van der Waals surface area contributed by atoms with Crippen molar-refractivity contribution in [3.05, 3.63) is 0 Å². The molecule has 1 spiro atoms. The maximum atomic E-state index is 12.5. The Hall–Kier alpha value is -0.490. The zero-order valence-corrected chi connectivity index (χ0v) is 14.6. The van der Waals surface area contributed by atoms with Gasteiger partial charge in [-0.05, 0) is 26.7 Å². The Morgan fingerprint density at radius 2 is 1.57 bits per heavy atom. The summed E-state index contributed by atoms with van der Waals surface area (Å²) in [5, 5.41) is 0. The maximum absolute atomic E-state index is 12.5. The van der Waals surface area contributed by atoms with Crippen molar-refractivity contribution >= 4 is 5.78 Å². The van der Waals surface area contributed by atoms with E-state index in [4.69, 9.17) is 18.9 Å². The van der Waals surface area contributed by atoms with Gasteiger partial charge in [0.05, 0.1) is 25.4 Å². The van der Waals surface area contributed by atoms with E-state index in [1.807, 2.05) is 13.8 Å². The van der Waals surface area contributed by atoms with E-state index in [1.54, 1.807) is 0 Å². The number of ether oxygens (including phenoxy) is 4. The van der Waals surface area contributed by atoms with Gasteiger partial charge in [0.1, 0.15) is 5.78 Å². The summed E-state index contributed by atoms with van der Waals surface area (Å²) in [4.78, 5) is 12.5. The number of hydrogen-bond acceptors (Lipinski definition) is 5. The second kappa shape index (κ2) is 5.01. The Kier molecular flexibility index (Phi) is 3.48. The van der Waals surface area contributed by atoms with Gasteiger partial charge in [-0.15, -0.1) is 0 Å². The SMILES string of the molecule is CC1(C)COC2(CCC(=O)[C@H]3C[C@H]4OC(C)(C)O[C@H]4C[C@@H]32)OC1. The minimum atomic E-state index is -0.602. The van der Waals surface area contributed by atoms with Crippen molar-refractivity contribution in [2.24, 2.45) is 17.3 Å². The van der Waals surface area contributed by atoms with E-state index in [-0.39, 0.29) is 29.5 Å². The second-order valence-electron chi connectivity index (χ2n) is 8.92. The molecule has 5 heteroatoms. The number of ketones is 1. The van der Waals surface area contributed by atoms with Crippen LogP contribution < -0.4 is 0 Å². The predicted molar refractivity (Wildman–Crippen MR) is 82.7 cm³/mol. The van der Waals surface area contributed by atoms with Gasteiger partial charge in [0, 0.05) is 30.1 Å². The molecule has 5 nitrogen and oxygen atoms in total. The summed E-state index contributed by atoms with van der Waals surface area (Å²) in [5.74, 6) is -0.767. The lowest BCUT2D eigenvalue weighted by molar-refractivity contribution is -0.340. The highest BCUT2D eigenvalue weighted by Gasteiger charge is 2.59. The molecule has 2 aliphatic carbocycles. The highest BCUT2D eigenvalue weighted by atomic mass is 16.8. The first-order chi connectivity index (χ1) is 10.7. The predicted octanol–water partition coefficient (Wildman–Crippen LogP) is 2.66. The van der Waals surface area contributed by atoms with Crippen molar-refractivity contribution in [3.63, 3.8) is 0 Å². The second-order valence-corrected chi connectivity index (χ2v) is 8.92. The standard InChI is InChI=1S/C18H28O5/c1-16(2)9-20-18(21-10-16)6-5-13(19)11-7-14-15(8-12(11)18)23-17(3,4)22-14/h11-12,14-15H,5-10H2,1-4H3/t11-,12-,14+,15-/m0/s1. The first kappa shape index (κ1) is 16.0. The largest absolute Gasteiger partial charge is 0.349 e. The summed E-state index contributed by atoms with van der Waals surface area (Å²) in [5.41, 5.74) is 0.0361. The molecule has 0 bridgehead atoms. The Morgan fingerprint density at radius 1 is 0.957 bits per heavy atom. The average molecular weight is 324 g/mol. The summed E-state index contributed by atoms with van der Waals surface area (Å²) in [7, 11) is 0. The number of fused-ring (bicyclic) bond motifs is 3. The van der Waals surface area contributed by atoms with E-state index in [1.165, 1.54) is 0 Å². The number of rotatable bonds is 0. The van der Waals surface area contributed by atoms with Crippen molar-refractivity contribution in [3.8, 4) is 0 Å². The van der Waals surface area contributed by atoms with E-state index in [9.17, 15) is 4.79 Å². The van der Waals surface area contributed by atoms with Crippen molar-refractivity contribution in [2.45, 2.75) is 77.2 Å². The van der Waals surface area contributed by atoms with E-state index in [0.29, 0.717) is 31.8 Å². The van der Waals surface area contributed by atoms with Crippen molar-refractivity contribution in [2.75, 3.05) is 13.2 Å². The molecule has 2 saturated carbocycles. The summed E-state index contributed by atoms with van der Waals surface area (Å²) in [6.07, 6.45) is 2.79. The van der Waals surface area contributed by atoms with Crippen LogP contribution in [0.15, 0.2) is 0 Å². The monoisotopic (exact) mass is 324 g/mol. The third kappa shape index (κ3) is 2.66. The van der Waals surface area contributed by atoms with E-state index in [0.717, 1.165) is 12.8 Å². The van der Waals surface area contributed by atoms with Gasteiger partial charge in [-0.3, -0.25) is 4.79 Å². The van der Waals surface area contributed by atoms with Crippen LogP contribution in [0.5, 0.6) is 0 Å². The molecular weight excluding hydrogens is 296 g/mol. The fourth-order valence-corrected chi connectivity index (χ4v) is 4.72. The smallest absolute Gasteiger partial charge is 0.172 e. The normalized spacial score (nSPS) is 43.9. The third-order valence-electron chi connectivity index (χ3n) is 5.86. The quantitative estimate of drug-likeness (QED) is 0.686. The molecule has 0 N–H and O–H groups in total. The summed E-state index contributed by atoms with van der Waals surface area (Å²) in [6.45, 7) is 9.56. The molecule has 0 amide bonds. The van der Waals surface area contributed by atoms with Crippen LogP contribution in [0.4, 0.5) is 0 Å². The molecule has 130 valence electrons. The lowest BCUT2D eigenvalue weighted by atomic mass is 9.65. The van der Waals surface area contributed by atoms with Crippen LogP contribution in [0.2, 0.25) is 0 Å². The Morgan fingerprint density at radius 3 is 2.22 bits per heavy atom.